The zero-order valence-electron chi connectivity index (χ0n) is 14.1. The molecule has 0 radical (unpaired) electrons. The summed E-state index contributed by atoms with van der Waals surface area (Å²) in [6.07, 6.45) is 5.06. The third-order valence-electron chi connectivity index (χ3n) is 3.80. The van der Waals surface area contributed by atoms with Crippen LogP contribution in [-0.4, -0.2) is 40.7 Å². The maximum atomic E-state index is 11.8. The number of piperidine rings is 1. The zero-order chi connectivity index (χ0) is 16.9. The van der Waals surface area contributed by atoms with E-state index in [2.05, 4.69) is 37.2 Å². The summed E-state index contributed by atoms with van der Waals surface area (Å²) in [5.41, 5.74) is 0.733. The first kappa shape index (κ1) is 18.2. The van der Waals surface area contributed by atoms with Crippen molar-refractivity contribution in [3.05, 3.63) is 28.5 Å². The predicted molar refractivity (Wildman–Crippen MR) is 94.2 cm³/mol. The van der Waals surface area contributed by atoms with E-state index in [4.69, 9.17) is 4.74 Å². The molecule has 0 spiro atoms. The van der Waals surface area contributed by atoms with E-state index in [9.17, 15) is 4.79 Å². The van der Waals surface area contributed by atoms with Crippen LogP contribution in [0.25, 0.3) is 0 Å². The van der Waals surface area contributed by atoms with Gasteiger partial charge in [-0.05, 0) is 67.7 Å². The summed E-state index contributed by atoms with van der Waals surface area (Å²) in [5.74, 6) is 0. The summed E-state index contributed by atoms with van der Waals surface area (Å²) in [6, 6.07) is 4.40. The van der Waals surface area contributed by atoms with Crippen LogP contribution in [0.1, 0.15) is 45.6 Å². The van der Waals surface area contributed by atoms with Crippen molar-refractivity contribution in [2.24, 2.45) is 0 Å². The Labute approximate surface area is 146 Å². The smallest absolute Gasteiger partial charge is 0.407 e. The maximum Gasteiger partial charge on any atom is 0.407 e. The van der Waals surface area contributed by atoms with E-state index in [0.717, 1.165) is 24.1 Å². The van der Waals surface area contributed by atoms with Crippen LogP contribution >= 0.6 is 15.9 Å². The average Bonchev–Trinajstić information content (AvgIpc) is 2.47. The molecule has 1 saturated heterocycles. The third kappa shape index (κ3) is 6.47. The van der Waals surface area contributed by atoms with Gasteiger partial charge in [-0.25, -0.2) is 9.78 Å². The van der Waals surface area contributed by atoms with Gasteiger partial charge in [0, 0.05) is 25.3 Å². The van der Waals surface area contributed by atoms with Gasteiger partial charge in [0.25, 0.3) is 0 Å². The lowest BCUT2D eigenvalue weighted by molar-refractivity contribution is 0.0492. The van der Waals surface area contributed by atoms with Crippen molar-refractivity contribution < 1.29 is 9.53 Å². The van der Waals surface area contributed by atoms with E-state index < -0.39 is 5.60 Å². The number of halogens is 1. The van der Waals surface area contributed by atoms with Crippen LogP contribution in [0.2, 0.25) is 0 Å². The number of hydrogen-bond acceptors (Lipinski definition) is 4. The minimum Gasteiger partial charge on any atom is -0.444 e. The van der Waals surface area contributed by atoms with Gasteiger partial charge in [0.2, 0.25) is 0 Å². The van der Waals surface area contributed by atoms with Gasteiger partial charge >= 0.3 is 6.09 Å². The molecule has 0 aliphatic carbocycles. The maximum absolute atomic E-state index is 11.8. The molecule has 1 aliphatic heterocycles. The molecular weight excluding hydrogens is 358 g/mol. The number of ether oxygens (including phenoxy) is 1. The Morgan fingerprint density at radius 1 is 1.43 bits per heavy atom. The number of nitrogens with zero attached hydrogens (tertiary/aromatic N) is 2. The first-order chi connectivity index (χ1) is 10.8. The van der Waals surface area contributed by atoms with Crippen LogP contribution < -0.4 is 5.32 Å². The number of amides is 1. The summed E-state index contributed by atoms with van der Waals surface area (Å²) < 4.78 is 6.16. The second-order valence-electron chi connectivity index (χ2n) is 6.99. The fourth-order valence-corrected chi connectivity index (χ4v) is 2.98. The van der Waals surface area contributed by atoms with Gasteiger partial charge < -0.3 is 10.1 Å². The summed E-state index contributed by atoms with van der Waals surface area (Å²) in [6.45, 7) is 8.16. The predicted octanol–water partition coefficient (Wildman–Crippen LogP) is 3.72. The van der Waals surface area contributed by atoms with Gasteiger partial charge in [-0.3, -0.25) is 4.90 Å². The number of aromatic nitrogens is 1. The molecule has 128 valence electrons. The molecule has 23 heavy (non-hydrogen) atoms. The van der Waals surface area contributed by atoms with Crippen LogP contribution in [0.5, 0.6) is 0 Å². The first-order valence-electron chi connectivity index (χ1n) is 8.15. The molecule has 2 rings (SSSR count). The number of carbonyl (C=O) groups excluding carboxylic acids is 1. The number of carbonyl (C=O) groups is 1. The van der Waals surface area contributed by atoms with E-state index in [1.807, 2.05) is 33.0 Å². The Bertz CT molecular complexity index is 514. The lowest BCUT2D eigenvalue weighted by Gasteiger charge is -2.36. The molecule has 5 nitrogen and oxygen atoms in total. The molecule has 1 aliphatic rings. The average molecular weight is 384 g/mol. The van der Waals surface area contributed by atoms with E-state index in [1.54, 1.807) is 0 Å². The Morgan fingerprint density at radius 3 is 2.87 bits per heavy atom. The van der Waals surface area contributed by atoms with Crippen molar-refractivity contribution in [2.75, 3.05) is 13.1 Å². The van der Waals surface area contributed by atoms with E-state index >= 15 is 0 Å². The van der Waals surface area contributed by atoms with Crippen LogP contribution in [0, 0.1) is 0 Å². The highest BCUT2D eigenvalue weighted by atomic mass is 79.9. The van der Waals surface area contributed by atoms with Crippen LogP contribution in [0.4, 0.5) is 4.79 Å². The van der Waals surface area contributed by atoms with Crippen molar-refractivity contribution >= 4 is 22.0 Å². The summed E-state index contributed by atoms with van der Waals surface area (Å²) in [7, 11) is 0. The van der Waals surface area contributed by atoms with Crippen LogP contribution in [0.3, 0.4) is 0 Å². The molecule has 0 saturated carbocycles. The quantitative estimate of drug-likeness (QED) is 0.804. The van der Waals surface area contributed by atoms with Gasteiger partial charge in [-0.15, -0.1) is 0 Å². The fourth-order valence-electron chi connectivity index (χ4n) is 2.75. The van der Waals surface area contributed by atoms with Gasteiger partial charge in [-0.1, -0.05) is 12.5 Å². The summed E-state index contributed by atoms with van der Waals surface area (Å²) in [4.78, 5) is 18.5. The molecule has 1 N–H and O–H groups in total. The van der Waals surface area contributed by atoms with Gasteiger partial charge in [0.1, 0.15) is 10.2 Å². The number of pyridine rings is 1. The molecular formula is C17H26BrN3O2. The number of rotatable bonds is 4. The molecule has 1 unspecified atom stereocenters. The molecule has 6 heteroatoms. The van der Waals surface area contributed by atoms with Gasteiger partial charge in [0.05, 0.1) is 0 Å². The largest absolute Gasteiger partial charge is 0.444 e. The standard InChI is InChI=1S/C17H26BrN3O2/c1-17(2,3)23-16(22)20-11-14-6-4-5-9-21(14)12-13-7-8-15(18)19-10-13/h7-8,10,14H,4-6,9,11-12H2,1-3H3,(H,20,22). The van der Waals surface area contributed by atoms with E-state index in [1.165, 1.54) is 18.4 Å². The molecule has 1 amide bonds. The number of nitrogens with one attached hydrogen (secondary N) is 1. The Hall–Kier alpha value is -1.14. The van der Waals surface area contributed by atoms with Gasteiger partial charge in [-0.2, -0.15) is 0 Å². The number of likely N-dealkylation sites (tertiary alicyclic amines) is 1. The Balaban J connectivity index is 1.88. The highest BCUT2D eigenvalue weighted by molar-refractivity contribution is 9.10. The minimum absolute atomic E-state index is 0.340. The molecule has 0 aromatic carbocycles. The van der Waals surface area contributed by atoms with Gasteiger partial charge in [0.15, 0.2) is 0 Å². The first-order valence-corrected chi connectivity index (χ1v) is 8.94. The highest BCUT2D eigenvalue weighted by Gasteiger charge is 2.24. The molecule has 1 fully saturated rings. The van der Waals surface area contributed by atoms with Crippen molar-refractivity contribution in [3.63, 3.8) is 0 Å². The summed E-state index contributed by atoms with van der Waals surface area (Å²) >= 11 is 3.36. The zero-order valence-corrected chi connectivity index (χ0v) is 15.7. The Kier molecular flexibility index (Phi) is 6.41. The van der Waals surface area contributed by atoms with Crippen LogP contribution in [-0.2, 0) is 11.3 Å². The minimum atomic E-state index is -0.459. The van der Waals surface area contributed by atoms with E-state index in [-0.39, 0.29) is 6.09 Å². The summed E-state index contributed by atoms with van der Waals surface area (Å²) in [5, 5.41) is 2.91. The number of alkyl carbamates (subject to hydrolysis) is 1. The van der Waals surface area contributed by atoms with Crippen molar-refractivity contribution in [1.29, 1.82) is 0 Å². The number of hydrogen-bond donors (Lipinski definition) is 1. The molecule has 2 heterocycles. The molecule has 1 aromatic heterocycles. The van der Waals surface area contributed by atoms with Crippen molar-refractivity contribution in [3.8, 4) is 0 Å². The SMILES string of the molecule is CC(C)(C)OC(=O)NCC1CCCCN1Cc1ccc(Br)nc1. The van der Waals surface area contributed by atoms with E-state index in [0.29, 0.717) is 12.6 Å². The monoisotopic (exact) mass is 383 g/mol. The lowest BCUT2D eigenvalue weighted by atomic mass is 10.0. The van der Waals surface area contributed by atoms with Crippen molar-refractivity contribution in [1.82, 2.24) is 15.2 Å². The molecule has 1 atom stereocenters. The second-order valence-corrected chi connectivity index (χ2v) is 7.80. The Morgan fingerprint density at radius 2 is 2.22 bits per heavy atom. The topological polar surface area (TPSA) is 54.5 Å². The van der Waals surface area contributed by atoms with Crippen molar-refractivity contribution in [2.45, 2.75) is 58.2 Å². The molecule has 0 bridgehead atoms. The highest BCUT2D eigenvalue weighted by Crippen LogP contribution is 2.20. The lowest BCUT2D eigenvalue weighted by Crippen LogP contribution is -2.47. The normalized spacial score (nSPS) is 19.4. The third-order valence-corrected chi connectivity index (χ3v) is 4.27. The second kappa shape index (κ2) is 8.11. The molecule has 1 aromatic rings. The van der Waals surface area contributed by atoms with Crippen LogP contribution in [0.15, 0.2) is 22.9 Å². The fraction of sp³-hybridized carbons (Fsp3) is 0.647.